The van der Waals surface area contributed by atoms with Crippen LogP contribution in [-0.2, 0) is 11.1 Å². The lowest BCUT2D eigenvalue weighted by molar-refractivity contribution is 0.0750. The summed E-state index contributed by atoms with van der Waals surface area (Å²) < 4.78 is 6.35. The second kappa shape index (κ2) is 6.43. The van der Waals surface area contributed by atoms with Crippen molar-refractivity contribution in [2.75, 3.05) is 11.4 Å². The number of anilines is 2. The van der Waals surface area contributed by atoms with Gasteiger partial charge in [0.05, 0.1) is 11.1 Å². The van der Waals surface area contributed by atoms with Crippen LogP contribution in [0.5, 0.6) is 0 Å². The molecule has 148 valence electrons. The third-order valence-corrected chi connectivity index (χ3v) is 6.78. The maximum Gasteiger partial charge on any atom is 0.416 e. The molecule has 0 saturated carbocycles. The van der Waals surface area contributed by atoms with E-state index < -0.39 is 0 Å². The maximum atomic E-state index is 6.35. The van der Waals surface area contributed by atoms with Crippen LogP contribution in [0.1, 0.15) is 33.3 Å². The minimum atomic E-state index is -0.271. The molecule has 0 bridgehead atoms. The molecule has 2 aliphatic heterocycles. The summed E-state index contributed by atoms with van der Waals surface area (Å²) in [5.74, 6) is 0.911. The van der Waals surface area contributed by atoms with E-state index in [1.54, 1.807) is 6.33 Å². The quantitative estimate of drug-likeness (QED) is 0.655. The molecule has 3 aromatic rings. The molecule has 1 aromatic heterocycles. The number of fused-ring (bicyclic) bond motifs is 2. The molecule has 3 heterocycles. The molecule has 0 spiro atoms. The van der Waals surface area contributed by atoms with E-state index in [9.17, 15) is 0 Å². The summed E-state index contributed by atoms with van der Waals surface area (Å²) >= 11 is 6.27. The van der Waals surface area contributed by atoms with Gasteiger partial charge in [0.15, 0.2) is 0 Å². The minimum absolute atomic E-state index is 0.132. The Hall–Kier alpha value is -2.15. The van der Waals surface area contributed by atoms with Crippen molar-refractivity contribution in [3.8, 4) is 0 Å². The second-order valence-corrected chi connectivity index (χ2v) is 9.36. The van der Waals surface area contributed by atoms with Gasteiger partial charge in [-0.1, -0.05) is 29.8 Å². The molecule has 1 saturated heterocycles. The first kappa shape index (κ1) is 18.9. The number of rotatable bonds is 2. The Balaban J connectivity index is 1.59. The van der Waals surface area contributed by atoms with Gasteiger partial charge >= 0.3 is 7.05 Å². The van der Waals surface area contributed by atoms with Crippen LogP contribution in [0.2, 0.25) is 5.02 Å². The van der Waals surface area contributed by atoms with E-state index in [4.69, 9.17) is 16.3 Å². The van der Waals surface area contributed by atoms with Gasteiger partial charge in [0.2, 0.25) is 0 Å². The average molecular weight is 407 g/mol. The van der Waals surface area contributed by atoms with E-state index in [1.165, 1.54) is 5.56 Å². The van der Waals surface area contributed by atoms with Gasteiger partial charge in [-0.2, -0.15) is 0 Å². The molecule has 2 aliphatic rings. The monoisotopic (exact) mass is 406 g/mol. The standard InChI is InChI=1S/C22H24BClN4O/c1-21(2)22(3,4)29-23(27-21)15-6-8-18-17(11-15)20(26-13-25-18)28-10-9-14-5-7-16(24)12-19(14)28/h5-8,11-13,27H,9-10H2,1-4H3. The molecular weight excluding hydrogens is 383 g/mol. The van der Waals surface area contributed by atoms with Crippen molar-refractivity contribution in [3.05, 3.63) is 53.3 Å². The van der Waals surface area contributed by atoms with Crippen molar-refractivity contribution < 1.29 is 4.65 Å². The zero-order valence-corrected chi connectivity index (χ0v) is 17.9. The zero-order chi connectivity index (χ0) is 20.4. The summed E-state index contributed by atoms with van der Waals surface area (Å²) in [7, 11) is -0.169. The van der Waals surface area contributed by atoms with Gasteiger partial charge in [0.1, 0.15) is 12.1 Å². The predicted octanol–water partition coefficient (Wildman–Crippen LogP) is 3.85. The number of nitrogens with zero attached hydrogens (tertiary/aromatic N) is 3. The lowest BCUT2D eigenvalue weighted by Crippen LogP contribution is -2.51. The summed E-state index contributed by atoms with van der Waals surface area (Å²) in [5, 5.41) is 5.38. The molecule has 2 aromatic carbocycles. The predicted molar refractivity (Wildman–Crippen MR) is 119 cm³/mol. The van der Waals surface area contributed by atoms with Crippen LogP contribution in [0.15, 0.2) is 42.7 Å². The first-order chi connectivity index (χ1) is 13.7. The topological polar surface area (TPSA) is 50.3 Å². The van der Waals surface area contributed by atoms with Crippen LogP contribution >= 0.6 is 11.6 Å². The highest BCUT2D eigenvalue weighted by molar-refractivity contribution is 6.66. The average Bonchev–Trinajstić information content (AvgIpc) is 3.18. The Morgan fingerprint density at radius 2 is 1.93 bits per heavy atom. The van der Waals surface area contributed by atoms with Crippen molar-refractivity contribution in [2.45, 2.75) is 45.3 Å². The summed E-state index contributed by atoms with van der Waals surface area (Å²) in [6.45, 7) is 9.48. The Morgan fingerprint density at radius 3 is 2.69 bits per heavy atom. The van der Waals surface area contributed by atoms with Crippen molar-refractivity contribution in [3.63, 3.8) is 0 Å². The maximum absolute atomic E-state index is 6.35. The van der Waals surface area contributed by atoms with E-state index >= 15 is 0 Å². The molecule has 0 radical (unpaired) electrons. The number of hydrogen-bond acceptors (Lipinski definition) is 5. The van der Waals surface area contributed by atoms with Crippen LogP contribution in [0, 0.1) is 0 Å². The van der Waals surface area contributed by atoms with Crippen LogP contribution in [-0.4, -0.2) is 34.7 Å². The molecule has 0 atom stereocenters. The third kappa shape index (κ3) is 3.02. The minimum Gasteiger partial charge on any atom is -0.411 e. The fourth-order valence-electron chi connectivity index (χ4n) is 4.14. The number of halogens is 1. The molecule has 1 N–H and O–H groups in total. The van der Waals surface area contributed by atoms with Crippen LogP contribution in [0.4, 0.5) is 11.5 Å². The van der Waals surface area contributed by atoms with E-state index in [-0.39, 0.29) is 18.2 Å². The first-order valence-electron chi connectivity index (χ1n) is 10.0. The SMILES string of the molecule is CC1(C)NB(c2ccc3ncnc(N4CCc5ccc(Cl)cc54)c3c2)OC1(C)C. The van der Waals surface area contributed by atoms with Gasteiger partial charge in [-0.15, -0.1) is 0 Å². The molecule has 1 fully saturated rings. The molecule has 0 amide bonds. The highest BCUT2D eigenvalue weighted by atomic mass is 35.5. The summed E-state index contributed by atoms with van der Waals surface area (Å²) in [5.41, 5.74) is 4.02. The summed E-state index contributed by atoms with van der Waals surface area (Å²) in [6.07, 6.45) is 2.61. The summed E-state index contributed by atoms with van der Waals surface area (Å²) in [6, 6.07) is 12.4. The lowest BCUT2D eigenvalue weighted by Gasteiger charge is -2.33. The molecule has 0 unspecified atom stereocenters. The molecule has 29 heavy (non-hydrogen) atoms. The van der Waals surface area contributed by atoms with Crippen molar-refractivity contribution >= 4 is 46.5 Å². The van der Waals surface area contributed by atoms with Crippen molar-refractivity contribution in [2.24, 2.45) is 0 Å². The van der Waals surface area contributed by atoms with Gasteiger partial charge in [-0.05, 0) is 63.3 Å². The van der Waals surface area contributed by atoms with Crippen molar-refractivity contribution in [1.82, 2.24) is 15.2 Å². The molecule has 5 rings (SSSR count). The summed E-state index contributed by atoms with van der Waals surface area (Å²) in [4.78, 5) is 11.4. The smallest absolute Gasteiger partial charge is 0.411 e. The van der Waals surface area contributed by atoms with Gasteiger partial charge in [0.25, 0.3) is 0 Å². The molecule has 0 aliphatic carbocycles. The number of benzene rings is 2. The number of aromatic nitrogens is 2. The molecular formula is C22H24BClN4O. The second-order valence-electron chi connectivity index (χ2n) is 8.93. The normalized spacial score (nSPS) is 19.8. The molecule has 5 nitrogen and oxygen atoms in total. The highest BCUT2D eigenvalue weighted by Crippen LogP contribution is 2.38. The first-order valence-corrected chi connectivity index (χ1v) is 10.4. The van der Waals surface area contributed by atoms with Crippen LogP contribution in [0.3, 0.4) is 0 Å². The van der Waals surface area contributed by atoms with Gasteiger partial charge < -0.3 is 14.8 Å². The fraction of sp³-hybridized carbons (Fsp3) is 0.364. The van der Waals surface area contributed by atoms with Gasteiger partial charge in [-0.25, -0.2) is 9.97 Å². The Morgan fingerprint density at radius 1 is 1.10 bits per heavy atom. The highest BCUT2D eigenvalue weighted by Gasteiger charge is 2.49. The van der Waals surface area contributed by atoms with E-state index in [0.29, 0.717) is 0 Å². The third-order valence-electron chi connectivity index (χ3n) is 6.55. The van der Waals surface area contributed by atoms with E-state index in [2.05, 4.69) is 66.0 Å². The molecule has 7 heteroatoms. The lowest BCUT2D eigenvalue weighted by atomic mass is 9.73. The Labute approximate surface area is 176 Å². The van der Waals surface area contributed by atoms with E-state index in [1.807, 2.05) is 18.2 Å². The van der Waals surface area contributed by atoms with Crippen molar-refractivity contribution in [1.29, 1.82) is 0 Å². The Bertz CT molecular complexity index is 1100. The number of nitrogens with one attached hydrogen (secondary N) is 1. The van der Waals surface area contributed by atoms with E-state index in [0.717, 1.165) is 45.9 Å². The Kier molecular flexibility index (Phi) is 4.18. The van der Waals surface area contributed by atoms with Gasteiger partial charge in [0, 0.05) is 28.2 Å². The van der Waals surface area contributed by atoms with Crippen LogP contribution in [0.25, 0.3) is 10.9 Å². The van der Waals surface area contributed by atoms with Gasteiger partial charge in [-0.3, -0.25) is 0 Å². The fourth-order valence-corrected chi connectivity index (χ4v) is 4.30. The van der Waals surface area contributed by atoms with Crippen LogP contribution < -0.4 is 15.6 Å². The number of hydrogen-bond donors (Lipinski definition) is 1. The zero-order valence-electron chi connectivity index (χ0n) is 17.2. The largest absolute Gasteiger partial charge is 0.416 e.